The third-order valence-electron chi connectivity index (χ3n) is 0. The summed E-state index contributed by atoms with van der Waals surface area (Å²) in [6.45, 7) is 0. The molecule has 35 valence electrons. The normalized spacial score (nSPS) is 0.600. The van der Waals surface area contributed by atoms with Crippen LogP contribution in [0.25, 0.3) is 0 Å². The first-order valence-corrected chi connectivity index (χ1v) is 1.49. The van der Waals surface area contributed by atoms with E-state index in [1.807, 2.05) is 0 Å². The van der Waals surface area contributed by atoms with E-state index in [1.165, 1.54) is 0 Å². The SMILES string of the molecule is F.F.F.[O]=[Ta]. The molecular weight excluding hydrogens is 254 g/mol. The quantitative estimate of drug-likeness (QED) is 0.611. The fraction of sp³-hybridized carbons (Fsp3) is 0. The van der Waals surface area contributed by atoms with Gasteiger partial charge in [-0.2, -0.15) is 0 Å². The summed E-state index contributed by atoms with van der Waals surface area (Å²) in [5.41, 5.74) is 0. The van der Waals surface area contributed by atoms with Gasteiger partial charge in [-0.05, 0) is 0 Å². The van der Waals surface area contributed by atoms with Crippen molar-refractivity contribution < 1.29 is 38.4 Å². The zero-order valence-corrected chi connectivity index (χ0v) is 5.29. The molecule has 0 saturated carbocycles. The summed E-state index contributed by atoms with van der Waals surface area (Å²) in [6, 6.07) is 0. The Hall–Kier alpha value is 0.330. The summed E-state index contributed by atoms with van der Waals surface area (Å²) < 4.78 is 8.36. The van der Waals surface area contributed by atoms with Crippen molar-refractivity contribution in [3.8, 4) is 0 Å². The molecule has 0 aromatic heterocycles. The van der Waals surface area contributed by atoms with Crippen LogP contribution in [0.4, 0.5) is 14.1 Å². The molecule has 0 unspecified atom stereocenters. The molecule has 0 aliphatic carbocycles. The fourth-order valence-corrected chi connectivity index (χ4v) is 0. The monoisotopic (exact) mass is 257 g/mol. The predicted octanol–water partition coefficient (Wildman–Crippen LogP) is 0.336. The van der Waals surface area contributed by atoms with Gasteiger partial charge in [-0.1, -0.05) is 0 Å². The molecule has 0 aliphatic rings. The van der Waals surface area contributed by atoms with Crippen LogP contribution in [-0.2, 0) is 24.3 Å². The van der Waals surface area contributed by atoms with Crippen LogP contribution >= 0.6 is 0 Å². The zero-order chi connectivity index (χ0) is 2.00. The average Bonchev–Trinajstić information content (AvgIpc) is 1.00. The summed E-state index contributed by atoms with van der Waals surface area (Å²) in [7, 11) is 0. The first-order chi connectivity index (χ1) is 1.00. The summed E-state index contributed by atoms with van der Waals surface area (Å²) in [4.78, 5) is 0. The Kier molecular flexibility index (Phi) is 4970. The molecule has 0 rings (SSSR count). The molecule has 0 atom stereocenters. The Morgan fingerprint density at radius 2 is 0.800 bits per heavy atom. The van der Waals surface area contributed by atoms with Crippen molar-refractivity contribution in [2.24, 2.45) is 0 Å². The molecule has 0 heterocycles. The second-order valence-electron chi connectivity index (χ2n) is 0. The minimum atomic E-state index is 0. The van der Waals surface area contributed by atoms with E-state index in [-0.39, 0.29) is 35.2 Å². The molecule has 0 aliphatic heterocycles. The first kappa shape index (κ1) is 56.5. The Morgan fingerprint density at radius 1 is 0.800 bits per heavy atom. The van der Waals surface area contributed by atoms with Crippen molar-refractivity contribution in [2.75, 3.05) is 0 Å². The van der Waals surface area contributed by atoms with Crippen LogP contribution in [0.5, 0.6) is 0 Å². The molecular formula is H3F3OTa. The number of halogens is 3. The first-order valence-electron chi connectivity index (χ1n) is 0.183. The maximum absolute atomic E-state index is 8.36. The topological polar surface area (TPSA) is 17.1 Å². The van der Waals surface area contributed by atoms with Crippen LogP contribution in [0, 0.1) is 0 Å². The van der Waals surface area contributed by atoms with E-state index in [2.05, 4.69) is 0 Å². The molecule has 0 saturated heterocycles. The van der Waals surface area contributed by atoms with Crippen molar-refractivity contribution in [3.05, 3.63) is 0 Å². The van der Waals surface area contributed by atoms with E-state index in [1.54, 1.807) is 0 Å². The van der Waals surface area contributed by atoms with Crippen LogP contribution in [0.15, 0.2) is 0 Å². The molecule has 1 nitrogen and oxygen atoms in total. The molecule has 5 heteroatoms. The minimum absolute atomic E-state index is 0. The van der Waals surface area contributed by atoms with Gasteiger partial charge in [0.1, 0.15) is 0 Å². The standard InChI is InChI=1S/3FH.O.Ta/h3*1H;;. The van der Waals surface area contributed by atoms with E-state index in [0.717, 1.165) is 0 Å². The van der Waals surface area contributed by atoms with E-state index in [0.29, 0.717) is 0 Å². The number of rotatable bonds is 0. The zero-order valence-electron chi connectivity index (χ0n) is 2.08. The number of hydrogen-bond acceptors (Lipinski definition) is 1. The number of hydrogen-bond donors (Lipinski definition) is 0. The van der Waals surface area contributed by atoms with Crippen LogP contribution in [0.2, 0.25) is 0 Å². The Balaban J connectivity index is -0.00000000167. The van der Waals surface area contributed by atoms with Crippen LogP contribution in [0.1, 0.15) is 0 Å². The van der Waals surface area contributed by atoms with E-state index < -0.39 is 0 Å². The van der Waals surface area contributed by atoms with Gasteiger partial charge >= 0.3 is 24.3 Å². The molecule has 0 bridgehead atoms. The average molecular weight is 257 g/mol. The molecule has 0 aromatic rings. The summed E-state index contributed by atoms with van der Waals surface area (Å²) in [5, 5.41) is 0. The van der Waals surface area contributed by atoms with Gasteiger partial charge in [0.25, 0.3) is 0 Å². The van der Waals surface area contributed by atoms with Gasteiger partial charge in [-0.3, -0.25) is 14.1 Å². The summed E-state index contributed by atoms with van der Waals surface area (Å²) in [5.74, 6) is 0. The molecule has 0 radical (unpaired) electrons. The molecule has 0 spiro atoms. The van der Waals surface area contributed by atoms with Crippen molar-refractivity contribution in [2.45, 2.75) is 0 Å². The van der Waals surface area contributed by atoms with Crippen LogP contribution in [0.3, 0.4) is 0 Å². The van der Waals surface area contributed by atoms with Gasteiger partial charge in [-0.15, -0.1) is 0 Å². The fourth-order valence-electron chi connectivity index (χ4n) is 0. The van der Waals surface area contributed by atoms with Gasteiger partial charge < -0.3 is 0 Å². The third kappa shape index (κ3) is 216. The Morgan fingerprint density at radius 3 is 0.800 bits per heavy atom. The van der Waals surface area contributed by atoms with Crippen molar-refractivity contribution in [3.63, 3.8) is 0 Å². The van der Waals surface area contributed by atoms with Crippen LogP contribution < -0.4 is 0 Å². The molecule has 0 fully saturated rings. The second kappa shape index (κ2) is 440. The van der Waals surface area contributed by atoms with E-state index in [4.69, 9.17) is 3.25 Å². The maximum atomic E-state index is 8.36. The van der Waals surface area contributed by atoms with Crippen LogP contribution in [-0.4, -0.2) is 0 Å². The molecule has 0 N–H and O–H groups in total. The van der Waals surface area contributed by atoms with Crippen molar-refractivity contribution >= 4 is 0 Å². The molecule has 0 aromatic carbocycles. The Labute approximate surface area is 39.1 Å². The molecule has 0 amide bonds. The summed E-state index contributed by atoms with van der Waals surface area (Å²) >= 11 is 0.194. The molecule has 5 heavy (non-hydrogen) atoms. The van der Waals surface area contributed by atoms with Gasteiger partial charge in [0.2, 0.25) is 0 Å². The Bertz CT molecular complexity index is 6.85. The predicted molar refractivity (Wildman–Crippen MR) is 8.20 cm³/mol. The third-order valence-corrected chi connectivity index (χ3v) is 0. The van der Waals surface area contributed by atoms with Crippen molar-refractivity contribution in [1.82, 2.24) is 0 Å². The van der Waals surface area contributed by atoms with Gasteiger partial charge in [0.05, 0.1) is 0 Å². The van der Waals surface area contributed by atoms with E-state index >= 15 is 0 Å². The van der Waals surface area contributed by atoms with E-state index in [9.17, 15) is 0 Å². The van der Waals surface area contributed by atoms with Gasteiger partial charge in [0, 0.05) is 0 Å². The van der Waals surface area contributed by atoms with Crippen molar-refractivity contribution in [1.29, 1.82) is 0 Å². The summed E-state index contributed by atoms with van der Waals surface area (Å²) in [6.07, 6.45) is 0. The van der Waals surface area contributed by atoms with Gasteiger partial charge in [-0.25, -0.2) is 0 Å². The van der Waals surface area contributed by atoms with Gasteiger partial charge in [0.15, 0.2) is 0 Å². The second-order valence-corrected chi connectivity index (χ2v) is 0.